The molecule has 21 heavy (non-hydrogen) atoms. The van der Waals surface area contributed by atoms with Gasteiger partial charge in [0.25, 0.3) is 0 Å². The van der Waals surface area contributed by atoms with Crippen molar-refractivity contribution in [1.82, 2.24) is 5.32 Å². The maximum Gasteiger partial charge on any atom is 0.303 e. The fraction of sp³-hybridized carbons (Fsp3) is 0.529. The van der Waals surface area contributed by atoms with E-state index in [4.69, 9.17) is 5.11 Å². The molecule has 0 bridgehead atoms. The van der Waals surface area contributed by atoms with E-state index in [2.05, 4.69) is 5.32 Å². The normalized spacial score (nSPS) is 13.7. The smallest absolute Gasteiger partial charge is 0.303 e. The van der Waals surface area contributed by atoms with Gasteiger partial charge in [0.15, 0.2) is 5.78 Å². The predicted octanol–water partition coefficient (Wildman–Crippen LogP) is 3.11. The second-order valence-corrected chi connectivity index (χ2v) is 5.64. The lowest BCUT2D eigenvalue weighted by Crippen LogP contribution is -2.42. The molecule has 2 unspecified atom stereocenters. The third kappa shape index (κ3) is 5.31. The number of rotatable bonds is 8. The van der Waals surface area contributed by atoms with E-state index in [0.717, 1.165) is 17.5 Å². The van der Waals surface area contributed by atoms with Gasteiger partial charge in [0.05, 0.1) is 6.04 Å². The second-order valence-electron chi connectivity index (χ2n) is 5.64. The molecule has 116 valence electrons. The van der Waals surface area contributed by atoms with Gasteiger partial charge in [-0.05, 0) is 45.2 Å². The Bertz CT molecular complexity index is 511. The third-order valence-electron chi connectivity index (χ3n) is 3.72. The summed E-state index contributed by atoms with van der Waals surface area (Å²) < 4.78 is 0. The number of benzene rings is 1. The summed E-state index contributed by atoms with van der Waals surface area (Å²) in [5, 5.41) is 12.1. The van der Waals surface area contributed by atoms with Crippen LogP contribution in [0.1, 0.15) is 54.6 Å². The van der Waals surface area contributed by atoms with Gasteiger partial charge in [-0.3, -0.25) is 9.59 Å². The predicted molar refractivity (Wildman–Crippen MR) is 83.8 cm³/mol. The number of ketones is 1. The van der Waals surface area contributed by atoms with Crippen LogP contribution in [0.3, 0.4) is 0 Å². The molecule has 0 aliphatic heterocycles. The maximum absolute atomic E-state index is 12.7. The van der Waals surface area contributed by atoms with Crippen molar-refractivity contribution in [2.75, 3.05) is 0 Å². The lowest BCUT2D eigenvalue weighted by atomic mass is 9.94. The molecule has 0 fully saturated rings. The lowest BCUT2D eigenvalue weighted by molar-refractivity contribution is -0.137. The minimum atomic E-state index is -0.875. The zero-order chi connectivity index (χ0) is 16.0. The summed E-state index contributed by atoms with van der Waals surface area (Å²) in [4.78, 5) is 23.5. The van der Waals surface area contributed by atoms with Gasteiger partial charge in [-0.1, -0.05) is 24.6 Å². The van der Waals surface area contributed by atoms with Gasteiger partial charge in [-0.25, -0.2) is 0 Å². The van der Waals surface area contributed by atoms with E-state index in [9.17, 15) is 9.59 Å². The van der Waals surface area contributed by atoms with Crippen LogP contribution in [0.15, 0.2) is 18.2 Å². The molecule has 2 N–H and O–H groups in total. The van der Waals surface area contributed by atoms with E-state index in [1.54, 1.807) is 0 Å². The van der Waals surface area contributed by atoms with Crippen LogP contribution >= 0.6 is 0 Å². The average molecular weight is 291 g/mol. The average Bonchev–Trinajstić information content (AvgIpc) is 2.44. The molecule has 0 aliphatic carbocycles. The van der Waals surface area contributed by atoms with Crippen LogP contribution in [-0.2, 0) is 4.79 Å². The first kappa shape index (κ1) is 17.4. The Morgan fingerprint density at radius 1 is 1.29 bits per heavy atom. The zero-order valence-electron chi connectivity index (χ0n) is 13.3. The standard InChI is InChI=1S/C17H25NO3/c1-5-13(4)18-15(8-9-16(19)20)17(21)14-10-11(2)6-7-12(14)3/h6-7,10,13,15,18H,5,8-9H2,1-4H3,(H,19,20). The molecule has 1 rings (SSSR count). The van der Waals surface area contributed by atoms with Crippen molar-refractivity contribution in [2.45, 2.75) is 59.0 Å². The molecule has 1 aromatic carbocycles. The molecule has 0 spiro atoms. The van der Waals surface area contributed by atoms with E-state index < -0.39 is 12.0 Å². The molecule has 0 heterocycles. The van der Waals surface area contributed by atoms with E-state index in [1.807, 2.05) is 45.9 Å². The Morgan fingerprint density at radius 2 is 1.95 bits per heavy atom. The number of carbonyl (C=O) groups is 2. The largest absolute Gasteiger partial charge is 0.481 e. The van der Waals surface area contributed by atoms with Gasteiger partial charge in [-0.2, -0.15) is 0 Å². The van der Waals surface area contributed by atoms with Crippen molar-refractivity contribution in [1.29, 1.82) is 0 Å². The van der Waals surface area contributed by atoms with Crippen molar-refractivity contribution in [3.63, 3.8) is 0 Å². The number of hydrogen-bond donors (Lipinski definition) is 2. The highest BCUT2D eigenvalue weighted by atomic mass is 16.4. The monoisotopic (exact) mass is 291 g/mol. The minimum Gasteiger partial charge on any atom is -0.481 e. The van der Waals surface area contributed by atoms with Crippen molar-refractivity contribution >= 4 is 11.8 Å². The molecule has 4 heteroatoms. The quantitative estimate of drug-likeness (QED) is 0.722. The number of carbonyl (C=O) groups excluding carboxylic acids is 1. The van der Waals surface area contributed by atoms with Crippen LogP contribution in [-0.4, -0.2) is 28.9 Å². The second kappa shape index (κ2) is 7.93. The van der Waals surface area contributed by atoms with Gasteiger partial charge in [0.1, 0.15) is 0 Å². The molecule has 0 saturated carbocycles. The number of Topliss-reactive ketones (excluding diaryl/α,β-unsaturated/α-hetero) is 1. The number of aliphatic carboxylic acids is 1. The summed E-state index contributed by atoms with van der Waals surface area (Å²) in [6.45, 7) is 7.90. The van der Waals surface area contributed by atoms with Crippen molar-refractivity contribution in [2.24, 2.45) is 0 Å². The summed E-state index contributed by atoms with van der Waals surface area (Å²) >= 11 is 0. The molecule has 0 radical (unpaired) electrons. The first-order valence-electron chi connectivity index (χ1n) is 7.44. The molecule has 0 aliphatic rings. The highest BCUT2D eigenvalue weighted by molar-refractivity contribution is 6.01. The molecule has 0 saturated heterocycles. The maximum atomic E-state index is 12.7. The summed E-state index contributed by atoms with van der Waals surface area (Å²) in [5.41, 5.74) is 2.64. The van der Waals surface area contributed by atoms with Gasteiger partial charge in [-0.15, -0.1) is 0 Å². The van der Waals surface area contributed by atoms with Crippen molar-refractivity contribution < 1.29 is 14.7 Å². The number of hydrogen-bond acceptors (Lipinski definition) is 3. The topological polar surface area (TPSA) is 66.4 Å². The van der Waals surface area contributed by atoms with Crippen LogP contribution in [0.4, 0.5) is 0 Å². The Balaban J connectivity index is 2.97. The fourth-order valence-electron chi connectivity index (χ4n) is 2.21. The van der Waals surface area contributed by atoms with Gasteiger partial charge < -0.3 is 10.4 Å². The molecular formula is C17H25NO3. The van der Waals surface area contributed by atoms with Crippen molar-refractivity contribution in [3.8, 4) is 0 Å². The Morgan fingerprint density at radius 3 is 2.52 bits per heavy atom. The molecule has 2 atom stereocenters. The summed E-state index contributed by atoms with van der Waals surface area (Å²) in [6.07, 6.45) is 1.19. The molecular weight excluding hydrogens is 266 g/mol. The highest BCUT2D eigenvalue weighted by Gasteiger charge is 2.23. The van der Waals surface area contributed by atoms with E-state index in [1.165, 1.54) is 0 Å². The van der Waals surface area contributed by atoms with Gasteiger partial charge in [0, 0.05) is 18.0 Å². The Hall–Kier alpha value is -1.68. The highest BCUT2D eigenvalue weighted by Crippen LogP contribution is 2.16. The number of nitrogens with one attached hydrogen (secondary N) is 1. The van der Waals surface area contributed by atoms with Crippen LogP contribution in [0.25, 0.3) is 0 Å². The van der Waals surface area contributed by atoms with Crippen molar-refractivity contribution in [3.05, 3.63) is 34.9 Å². The Kier molecular flexibility index (Phi) is 6.56. The molecule has 4 nitrogen and oxygen atoms in total. The van der Waals surface area contributed by atoms with Crippen LogP contribution in [0.5, 0.6) is 0 Å². The van der Waals surface area contributed by atoms with Crippen LogP contribution < -0.4 is 5.32 Å². The summed E-state index contributed by atoms with van der Waals surface area (Å²) in [7, 11) is 0. The minimum absolute atomic E-state index is 0.00922. The summed E-state index contributed by atoms with van der Waals surface area (Å²) in [6, 6.07) is 5.51. The molecule has 0 aromatic heterocycles. The Labute approximate surface area is 126 Å². The number of carboxylic acid groups (broad SMARTS) is 1. The molecule has 0 amide bonds. The van der Waals surface area contributed by atoms with E-state index in [0.29, 0.717) is 12.0 Å². The molecule has 1 aromatic rings. The number of carboxylic acids is 1. The van der Waals surface area contributed by atoms with E-state index in [-0.39, 0.29) is 18.2 Å². The zero-order valence-corrected chi connectivity index (χ0v) is 13.3. The lowest BCUT2D eigenvalue weighted by Gasteiger charge is -2.22. The third-order valence-corrected chi connectivity index (χ3v) is 3.72. The van der Waals surface area contributed by atoms with Gasteiger partial charge in [0.2, 0.25) is 0 Å². The SMILES string of the molecule is CCC(C)NC(CCC(=O)O)C(=O)c1cc(C)ccc1C. The fourth-order valence-corrected chi connectivity index (χ4v) is 2.21. The van der Waals surface area contributed by atoms with Gasteiger partial charge >= 0.3 is 5.97 Å². The first-order chi connectivity index (χ1) is 9.85. The summed E-state index contributed by atoms with van der Waals surface area (Å²) in [5.74, 6) is -0.891. The van der Waals surface area contributed by atoms with E-state index >= 15 is 0 Å². The van der Waals surface area contributed by atoms with Crippen LogP contribution in [0.2, 0.25) is 0 Å². The first-order valence-corrected chi connectivity index (χ1v) is 7.44. The number of aryl methyl sites for hydroxylation is 2. The van der Waals surface area contributed by atoms with Crippen LogP contribution in [0, 0.1) is 13.8 Å².